The zero-order chi connectivity index (χ0) is 13.9. The Bertz CT molecular complexity index is 417. The number of thioether (sulfide) groups is 1. The summed E-state index contributed by atoms with van der Waals surface area (Å²) in [7, 11) is 0. The summed E-state index contributed by atoms with van der Waals surface area (Å²) in [6.45, 7) is 2.36. The van der Waals surface area contributed by atoms with Crippen LogP contribution in [-0.4, -0.2) is 17.5 Å². The van der Waals surface area contributed by atoms with Crippen molar-refractivity contribution in [2.45, 2.75) is 75.6 Å². The summed E-state index contributed by atoms with van der Waals surface area (Å²) in [6.07, 6.45) is 13.3. The SMILES string of the molecule is CSC1CCCCC1NC(C)c1cc2c(s1)CCCC2. The first-order valence-electron chi connectivity index (χ1n) is 8.18. The maximum atomic E-state index is 3.93. The summed E-state index contributed by atoms with van der Waals surface area (Å²) in [5.41, 5.74) is 1.65. The number of thiophene rings is 1. The highest BCUT2D eigenvalue weighted by atomic mass is 32.2. The Morgan fingerprint density at radius 2 is 2.00 bits per heavy atom. The minimum atomic E-state index is 0.531. The van der Waals surface area contributed by atoms with Gasteiger partial charge in [-0.1, -0.05) is 12.8 Å². The van der Waals surface area contributed by atoms with Gasteiger partial charge in [-0.05, 0) is 63.3 Å². The van der Waals surface area contributed by atoms with Crippen LogP contribution in [-0.2, 0) is 12.8 Å². The molecule has 0 aromatic carbocycles. The number of hydrogen-bond acceptors (Lipinski definition) is 3. The first kappa shape index (κ1) is 14.9. The van der Waals surface area contributed by atoms with E-state index in [9.17, 15) is 0 Å². The molecule has 1 heterocycles. The van der Waals surface area contributed by atoms with Gasteiger partial charge in [-0.3, -0.25) is 0 Å². The highest BCUT2D eigenvalue weighted by Gasteiger charge is 2.26. The maximum Gasteiger partial charge on any atom is 0.0388 e. The molecule has 0 amide bonds. The number of rotatable bonds is 4. The van der Waals surface area contributed by atoms with Crippen LogP contribution in [0.1, 0.15) is 66.8 Å². The van der Waals surface area contributed by atoms with Crippen LogP contribution in [0.25, 0.3) is 0 Å². The second kappa shape index (κ2) is 6.85. The first-order chi connectivity index (χ1) is 9.78. The summed E-state index contributed by atoms with van der Waals surface area (Å²) in [4.78, 5) is 3.24. The predicted octanol–water partition coefficient (Wildman–Crippen LogP) is 4.95. The fourth-order valence-corrected chi connectivity index (χ4v) is 5.91. The minimum absolute atomic E-state index is 0.531. The normalized spacial score (nSPS) is 28.1. The molecule has 1 nitrogen and oxygen atoms in total. The van der Waals surface area contributed by atoms with Crippen LogP contribution < -0.4 is 5.32 Å². The van der Waals surface area contributed by atoms with Crippen LogP contribution in [0.5, 0.6) is 0 Å². The van der Waals surface area contributed by atoms with Crippen LogP contribution >= 0.6 is 23.1 Å². The van der Waals surface area contributed by atoms with Crippen molar-refractivity contribution in [3.63, 3.8) is 0 Å². The zero-order valence-electron chi connectivity index (χ0n) is 12.8. The molecule has 2 aliphatic rings. The molecule has 3 atom stereocenters. The van der Waals surface area contributed by atoms with Crippen LogP contribution in [0.3, 0.4) is 0 Å². The summed E-state index contributed by atoms with van der Waals surface area (Å²) in [5.74, 6) is 0. The van der Waals surface area contributed by atoms with Gasteiger partial charge in [0.2, 0.25) is 0 Å². The fraction of sp³-hybridized carbons (Fsp3) is 0.765. The van der Waals surface area contributed by atoms with E-state index in [0.717, 1.165) is 5.25 Å². The molecule has 20 heavy (non-hydrogen) atoms. The molecule has 0 bridgehead atoms. The standard InChI is InChI=1S/C17H27NS2/c1-12(18-14-8-4-6-10-16(14)19-2)17-11-13-7-3-5-9-15(13)20-17/h11-12,14,16,18H,3-10H2,1-2H3. The Hall–Kier alpha value is 0.01000. The lowest BCUT2D eigenvalue weighted by Crippen LogP contribution is -2.41. The van der Waals surface area contributed by atoms with E-state index in [1.165, 1.54) is 51.4 Å². The number of nitrogens with one attached hydrogen (secondary N) is 1. The van der Waals surface area contributed by atoms with Gasteiger partial charge in [-0.15, -0.1) is 11.3 Å². The average Bonchev–Trinajstić information content (AvgIpc) is 2.92. The molecule has 3 unspecified atom stereocenters. The van der Waals surface area contributed by atoms with E-state index >= 15 is 0 Å². The molecule has 1 N–H and O–H groups in total. The third-order valence-electron chi connectivity index (χ3n) is 4.91. The number of aryl methyl sites for hydroxylation is 2. The Balaban J connectivity index is 1.66. The molecule has 1 fully saturated rings. The molecule has 3 rings (SSSR count). The van der Waals surface area contributed by atoms with E-state index in [0.29, 0.717) is 12.1 Å². The predicted molar refractivity (Wildman–Crippen MR) is 92.1 cm³/mol. The van der Waals surface area contributed by atoms with E-state index in [4.69, 9.17) is 0 Å². The van der Waals surface area contributed by atoms with Gasteiger partial charge in [0.1, 0.15) is 0 Å². The molecule has 0 radical (unpaired) electrons. The summed E-state index contributed by atoms with van der Waals surface area (Å²) in [6, 6.07) is 3.74. The Morgan fingerprint density at radius 1 is 1.20 bits per heavy atom. The lowest BCUT2D eigenvalue weighted by Gasteiger charge is -2.33. The van der Waals surface area contributed by atoms with Crippen molar-refractivity contribution in [3.8, 4) is 0 Å². The molecule has 2 aliphatic carbocycles. The smallest absolute Gasteiger partial charge is 0.0388 e. The van der Waals surface area contributed by atoms with Gasteiger partial charge in [-0.25, -0.2) is 0 Å². The molecular weight excluding hydrogens is 282 g/mol. The van der Waals surface area contributed by atoms with Crippen molar-refractivity contribution in [1.82, 2.24) is 5.32 Å². The summed E-state index contributed by atoms with van der Waals surface area (Å²) >= 11 is 4.13. The van der Waals surface area contributed by atoms with Gasteiger partial charge in [0, 0.05) is 27.1 Å². The Morgan fingerprint density at radius 3 is 2.80 bits per heavy atom. The van der Waals surface area contributed by atoms with Crippen molar-refractivity contribution in [1.29, 1.82) is 0 Å². The van der Waals surface area contributed by atoms with Crippen molar-refractivity contribution in [2.75, 3.05) is 6.26 Å². The van der Waals surface area contributed by atoms with Gasteiger partial charge in [0.15, 0.2) is 0 Å². The molecule has 1 saturated carbocycles. The lowest BCUT2D eigenvalue weighted by molar-refractivity contribution is 0.358. The molecule has 0 aliphatic heterocycles. The van der Waals surface area contributed by atoms with Crippen molar-refractivity contribution in [3.05, 3.63) is 21.4 Å². The van der Waals surface area contributed by atoms with Gasteiger partial charge >= 0.3 is 0 Å². The maximum absolute atomic E-state index is 3.93. The fourth-order valence-electron chi connectivity index (χ4n) is 3.70. The minimum Gasteiger partial charge on any atom is -0.306 e. The second-order valence-corrected chi connectivity index (χ2v) is 8.60. The molecular formula is C17H27NS2. The van der Waals surface area contributed by atoms with Crippen LogP contribution in [0.15, 0.2) is 6.07 Å². The van der Waals surface area contributed by atoms with E-state index in [2.05, 4.69) is 47.7 Å². The molecule has 112 valence electrons. The first-order valence-corrected chi connectivity index (χ1v) is 10.3. The summed E-state index contributed by atoms with van der Waals surface area (Å²) in [5, 5.41) is 4.76. The van der Waals surface area contributed by atoms with Gasteiger partial charge < -0.3 is 5.32 Å². The highest BCUT2D eigenvalue weighted by Crippen LogP contribution is 2.34. The van der Waals surface area contributed by atoms with E-state index in [1.54, 1.807) is 15.3 Å². The average molecular weight is 310 g/mol. The molecule has 1 aromatic rings. The molecule has 0 saturated heterocycles. The monoisotopic (exact) mass is 309 g/mol. The second-order valence-electron chi connectivity index (χ2n) is 6.36. The van der Waals surface area contributed by atoms with Crippen LogP contribution in [0, 0.1) is 0 Å². The molecule has 3 heteroatoms. The van der Waals surface area contributed by atoms with Crippen molar-refractivity contribution in [2.24, 2.45) is 0 Å². The number of hydrogen-bond donors (Lipinski definition) is 1. The third-order valence-corrected chi connectivity index (χ3v) is 7.50. The van der Waals surface area contributed by atoms with E-state index in [1.807, 2.05) is 0 Å². The van der Waals surface area contributed by atoms with Crippen molar-refractivity contribution >= 4 is 23.1 Å². The summed E-state index contributed by atoms with van der Waals surface area (Å²) < 4.78 is 0. The third kappa shape index (κ3) is 3.26. The molecule has 1 aromatic heterocycles. The Labute approximate surface area is 131 Å². The van der Waals surface area contributed by atoms with Crippen LogP contribution in [0.4, 0.5) is 0 Å². The van der Waals surface area contributed by atoms with Crippen molar-refractivity contribution < 1.29 is 0 Å². The zero-order valence-corrected chi connectivity index (χ0v) is 14.4. The molecule has 0 spiro atoms. The Kier molecular flexibility index (Phi) is 5.11. The topological polar surface area (TPSA) is 12.0 Å². The highest BCUT2D eigenvalue weighted by molar-refractivity contribution is 7.99. The van der Waals surface area contributed by atoms with E-state index in [-0.39, 0.29) is 0 Å². The number of fused-ring (bicyclic) bond motifs is 1. The van der Waals surface area contributed by atoms with Gasteiger partial charge in [-0.2, -0.15) is 11.8 Å². The van der Waals surface area contributed by atoms with Gasteiger partial charge in [0.05, 0.1) is 0 Å². The van der Waals surface area contributed by atoms with Crippen LogP contribution in [0.2, 0.25) is 0 Å². The lowest BCUT2D eigenvalue weighted by atomic mass is 9.94. The van der Waals surface area contributed by atoms with E-state index < -0.39 is 0 Å². The quantitative estimate of drug-likeness (QED) is 0.844. The van der Waals surface area contributed by atoms with Gasteiger partial charge in [0.25, 0.3) is 0 Å². The largest absolute Gasteiger partial charge is 0.306 e.